The van der Waals surface area contributed by atoms with Crippen molar-refractivity contribution in [1.82, 2.24) is 24.8 Å². The molecule has 0 unspecified atom stereocenters. The second-order valence-electron chi connectivity index (χ2n) is 5.97. The van der Waals surface area contributed by atoms with Crippen molar-refractivity contribution in [2.24, 2.45) is 0 Å². The van der Waals surface area contributed by atoms with Gasteiger partial charge in [0, 0.05) is 25.2 Å². The molecule has 126 valence electrons. The minimum atomic E-state index is -0.122. The van der Waals surface area contributed by atoms with Crippen LogP contribution < -0.4 is 4.74 Å². The second-order valence-corrected chi connectivity index (χ2v) is 5.97. The Balaban J connectivity index is 1.46. The van der Waals surface area contributed by atoms with Crippen LogP contribution in [-0.2, 0) is 0 Å². The van der Waals surface area contributed by atoms with Crippen LogP contribution in [0.2, 0.25) is 0 Å². The van der Waals surface area contributed by atoms with Crippen molar-refractivity contribution < 1.29 is 9.53 Å². The fourth-order valence-electron chi connectivity index (χ4n) is 2.90. The zero-order valence-corrected chi connectivity index (χ0v) is 13.8. The van der Waals surface area contributed by atoms with Gasteiger partial charge in [0.15, 0.2) is 0 Å². The molecule has 1 aliphatic rings. The molecule has 1 saturated heterocycles. The van der Waals surface area contributed by atoms with E-state index in [-0.39, 0.29) is 12.0 Å². The number of para-hydroxylation sites is 2. The first-order valence-electron chi connectivity index (χ1n) is 8.16. The maximum Gasteiger partial charge on any atom is 0.274 e. The van der Waals surface area contributed by atoms with Gasteiger partial charge in [-0.05, 0) is 19.1 Å². The standard InChI is InChI=1S/C18H17N5O2/c1-12-19-8-6-17(21-12)25-13-7-9-23(11-13)18(24)16-10-20-14-4-2-3-5-15(14)22-16/h2-6,8,10,13H,7,9,11H2,1H3/t13-/m0/s1. The van der Waals surface area contributed by atoms with Crippen LogP contribution in [0, 0.1) is 6.92 Å². The van der Waals surface area contributed by atoms with Gasteiger partial charge in [0.1, 0.15) is 17.6 Å². The monoisotopic (exact) mass is 335 g/mol. The highest BCUT2D eigenvalue weighted by atomic mass is 16.5. The molecule has 2 aromatic heterocycles. The summed E-state index contributed by atoms with van der Waals surface area (Å²) in [5, 5.41) is 0. The maximum atomic E-state index is 12.7. The van der Waals surface area contributed by atoms with Gasteiger partial charge < -0.3 is 9.64 Å². The van der Waals surface area contributed by atoms with E-state index in [0.717, 1.165) is 17.5 Å². The molecule has 0 saturated carbocycles. The van der Waals surface area contributed by atoms with Crippen molar-refractivity contribution in [2.45, 2.75) is 19.4 Å². The molecule has 0 N–H and O–H groups in total. The fourth-order valence-corrected chi connectivity index (χ4v) is 2.90. The first-order chi connectivity index (χ1) is 12.2. The molecule has 3 heterocycles. The number of carbonyl (C=O) groups excluding carboxylic acids is 1. The summed E-state index contributed by atoms with van der Waals surface area (Å²) in [4.78, 5) is 31.5. The Morgan fingerprint density at radius 2 is 2.00 bits per heavy atom. The average Bonchev–Trinajstić information content (AvgIpc) is 3.09. The van der Waals surface area contributed by atoms with Gasteiger partial charge in [-0.1, -0.05) is 12.1 Å². The van der Waals surface area contributed by atoms with E-state index >= 15 is 0 Å². The summed E-state index contributed by atoms with van der Waals surface area (Å²) in [5.41, 5.74) is 1.86. The zero-order valence-electron chi connectivity index (χ0n) is 13.8. The van der Waals surface area contributed by atoms with Crippen LogP contribution in [0.3, 0.4) is 0 Å². The normalized spacial score (nSPS) is 17.0. The predicted octanol–water partition coefficient (Wildman–Crippen LogP) is 2.02. The summed E-state index contributed by atoms with van der Waals surface area (Å²) in [5.74, 6) is 1.08. The third-order valence-corrected chi connectivity index (χ3v) is 4.14. The Hall–Kier alpha value is -3.09. The molecule has 1 atom stereocenters. The Labute approximate surface area is 144 Å². The van der Waals surface area contributed by atoms with Gasteiger partial charge in [-0.2, -0.15) is 4.98 Å². The predicted molar refractivity (Wildman–Crippen MR) is 91.2 cm³/mol. The summed E-state index contributed by atoms with van der Waals surface area (Å²) < 4.78 is 5.86. The van der Waals surface area contributed by atoms with E-state index in [1.54, 1.807) is 17.2 Å². The van der Waals surface area contributed by atoms with Crippen molar-refractivity contribution in [1.29, 1.82) is 0 Å². The fraction of sp³-hybridized carbons (Fsp3) is 0.278. The second kappa shape index (κ2) is 6.43. The molecule has 0 radical (unpaired) electrons. The number of carbonyl (C=O) groups is 1. The van der Waals surface area contributed by atoms with E-state index < -0.39 is 0 Å². The maximum absolute atomic E-state index is 12.7. The molecule has 7 nitrogen and oxygen atoms in total. The van der Waals surface area contributed by atoms with Crippen molar-refractivity contribution in [3.05, 3.63) is 54.2 Å². The van der Waals surface area contributed by atoms with E-state index in [4.69, 9.17) is 4.74 Å². The lowest BCUT2D eigenvalue weighted by Crippen LogP contribution is -2.31. The number of likely N-dealkylation sites (tertiary alicyclic amines) is 1. The highest BCUT2D eigenvalue weighted by Gasteiger charge is 2.29. The summed E-state index contributed by atoms with van der Waals surface area (Å²) >= 11 is 0. The van der Waals surface area contributed by atoms with Crippen LogP contribution in [0.15, 0.2) is 42.7 Å². The molecule has 25 heavy (non-hydrogen) atoms. The largest absolute Gasteiger partial charge is 0.472 e. The van der Waals surface area contributed by atoms with Gasteiger partial charge in [0.25, 0.3) is 5.91 Å². The molecule has 4 rings (SSSR count). The van der Waals surface area contributed by atoms with E-state index in [0.29, 0.717) is 30.5 Å². The summed E-state index contributed by atoms with van der Waals surface area (Å²) in [6.07, 6.45) is 3.88. The minimum absolute atomic E-state index is 0.0772. The third kappa shape index (κ3) is 3.26. The van der Waals surface area contributed by atoms with E-state index in [1.807, 2.05) is 31.2 Å². The van der Waals surface area contributed by atoms with Gasteiger partial charge >= 0.3 is 0 Å². The molecular weight excluding hydrogens is 318 g/mol. The highest BCUT2D eigenvalue weighted by molar-refractivity contribution is 5.94. The molecule has 0 spiro atoms. The van der Waals surface area contributed by atoms with Crippen LogP contribution >= 0.6 is 0 Å². The lowest BCUT2D eigenvalue weighted by atomic mass is 10.3. The number of benzene rings is 1. The lowest BCUT2D eigenvalue weighted by molar-refractivity contribution is 0.0765. The average molecular weight is 335 g/mol. The first-order valence-corrected chi connectivity index (χ1v) is 8.16. The Morgan fingerprint density at radius 1 is 1.16 bits per heavy atom. The number of hydrogen-bond acceptors (Lipinski definition) is 6. The molecule has 0 aliphatic carbocycles. The van der Waals surface area contributed by atoms with E-state index in [9.17, 15) is 4.79 Å². The highest BCUT2D eigenvalue weighted by Crippen LogP contribution is 2.18. The van der Waals surface area contributed by atoms with Crippen LogP contribution in [0.4, 0.5) is 0 Å². The SMILES string of the molecule is Cc1nccc(O[C@H]2CCN(C(=O)c3cnc4ccccc4n3)C2)n1. The van der Waals surface area contributed by atoms with Crippen molar-refractivity contribution in [2.75, 3.05) is 13.1 Å². The number of ether oxygens (including phenoxy) is 1. The number of fused-ring (bicyclic) bond motifs is 1. The minimum Gasteiger partial charge on any atom is -0.472 e. The number of amides is 1. The third-order valence-electron chi connectivity index (χ3n) is 4.14. The number of aryl methyl sites for hydroxylation is 1. The van der Waals surface area contributed by atoms with Crippen molar-refractivity contribution in [3.63, 3.8) is 0 Å². The number of aromatic nitrogens is 4. The zero-order chi connectivity index (χ0) is 17.2. The summed E-state index contributed by atoms with van der Waals surface area (Å²) in [7, 11) is 0. The molecule has 1 aromatic carbocycles. The first kappa shape index (κ1) is 15.4. The van der Waals surface area contributed by atoms with E-state index in [2.05, 4.69) is 19.9 Å². The quantitative estimate of drug-likeness (QED) is 0.728. The molecule has 1 amide bonds. The van der Waals surface area contributed by atoms with Crippen LogP contribution in [-0.4, -0.2) is 49.9 Å². The Bertz CT molecular complexity index is 930. The van der Waals surface area contributed by atoms with Crippen LogP contribution in [0.1, 0.15) is 22.7 Å². The molecular formula is C18H17N5O2. The van der Waals surface area contributed by atoms with Gasteiger partial charge in [-0.3, -0.25) is 9.78 Å². The van der Waals surface area contributed by atoms with E-state index in [1.165, 1.54) is 6.20 Å². The van der Waals surface area contributed by atoms with Crippen LogP contribution in [0.5, 0.6) is 5.88 Å². The lowest BCUT2D eigenvalue weighted by Gasteiger charge is -2.16. The molecule has 0 bridgehead atoms. The molecule has 7 heteroatoms. The molecule has 1 fully saturated rings. The number of rotatable bonds is 3. The smallest absolute Gasteiger partial charge is 0.274 e. The number of nitrogens with zero attached hydrogens (tertiary/aromatic N) is 5. The van der Waals surface area contributed by atoms with Gasteiger partial charge in [-0.15, -0.1) is 0 Å². The Kier molecular flexibility index (Phi) is 3.97. The summed E-state index contributed by atoms with van der Waals surface area (Å²) in [6.45, 7) is 2.95. The number of hydrogen-bond donors (Lipinski definition) is 0. The van der Waals surface area contributed by atoms with Crippen LogP contribution in [0.25, 0.3) is 11.0 Å². The van der Waals surface area contributed by atoms with Crippen molar-refractivity contribution >= 4 is 16.9 Å². The topological polar surface area (TPSA) is 81.1 Å². The van der Waals surface area contributed by atoms with Crippen molar-refractivity contribution in [3.8, 4) is 5.88 Å². The summed E-state index contributed by atoms with van der Waals surface area (Å²) in [6, 6.07) is 9.24. The molecule has 3 aromatic rings. The van der Waals surface area contributed by atoms with Gasteiger partial charge in [0.2, 0.25) is 5.88 Å². The molecule has 1 aliphatic heterocycles. The van der Waals surface area contributed by atoms with Gasteiger partial charge in [-0.25, -0.2) is 9.97 Å². The Morgan fingerprint density at radius 3 is 2.84 bits per heavy atom. The van der Waals surface area contributed by atoms with Gasteiger partial charge in [0.05, 0.1) is 23.8 Å².